The van der Waals surface area contributed by atoms with E-state index in [1.807, 2.05) is 11.8 Å². The summed E-state index contributed by atoms with van der Waals surface area (Å²) < 4.78 is 0. The quantitative estimate of drug-likeness (QED) is 0.413. The van der Waals surface area contributed by atoms with Crippen LogP contribution in [0.5, 0.6) is 0 Å². The van der Waals surface area contributed by atoms with Crippen LogP contribution in [0.4, 0.5) is 0 Å². The highest BCUT2D eigenvalue weighted by Crippen LogP contribution is 2.01. The van der Waals surface area contributed by atoms with Crippen LogP contribution in [0.1, 0.15) is 0 Å². The fourth-order valence-corrected chi connectivity index (χ4v) is 2.70. The lowest BCUT2D eigenvalue weighted by atomic mass is 10.8. The van der Waals surface area contributed by atoms with Crippen LogP contribution in [0.3, 0.4) is 0 Å². The van der Waals surface area contributed by atoms with Crippen molar-refractivity contribution in [1.82, 2.24) is 0 Å². The largest absolute Gasteiger partial charge is 0.136 e. The molecule has 0 N–H and O–H groups in total. The molecule has 0 heterocycles. The van der Waals surface area contributed by atoms with Crippen LogP contribution in [0, 0.1) is 22.9 Å². The van der Waals surface area contributed by atoms with E-state index in [1.54, 1.807) is 0 Å². The first-order chi connectivity index (χ1) is 6.71. The van der Waals surface area contributed by atoms with E-state index < -0.39 is 16.1 Å². The molecule has 0 fully saturated rings. The summed E-state index contributed by atoms with van der Waals surface area (Å²) in [7, 11) is -2.32. The molecule has 0 rings (SSSR count). The minimum Gasteiger partial charge on any atom is -0.136 e. The lowest BCUT2D eigenvalue weighted by Crippen LogP contribution is -2.16. The van der Waals surface area contributed by atoms with Gasteiger partial charge >= 0.3 is 0 Å². The minimum absolute atomic E-state index is 0.935. The zero-order valence-electron chi connectivity index (χ0n) is 10.8. The highest BCUT2D eigenvalue weighted by molar-refractivity contribution is 7.99. The molecule has 0 bridgehead atoms. The van der Waals surface area contributed by atoms with Crippen LogP contribution in [0.2, 0.25) is 39.3 Å². The van der Waals surface area contributed by atoms with Gasteiger partial charge in [-0.3, -0.25) is 0 Å². The van der Waals surface area contributed by atoms with Crippen LogP contribution in [0.15, 0.2) is 0 Å². The first-order valence-electron chi connectivity index (χ1n) is 5.28. The molecule has 3 heteroatoms. The summed E-state index contributed by atoms with van der Waals surface area (Å²) in [6.45, 7) is 13.6. The van der Waals surface area contributed by atoms with E-state index >= 15 is 0 Å². The Labute approximate surface area is 102 Å². The maximum absolute atomic E-state index is 3.36. The molecular formula is C12H22SSi2. The monoisotopic (exact) mass is 254 g/mol. The van der Waals surface area contributed by atoms with Gasteiger partial charge in [-0.1, -0.05) is 51.1 Å². The summed E-state index contributed by atoms with van der Waals surface area (Å²) in [6, 6.07) is 0. The molecule has 0 atom stereocenters. The van der Waals surface area contributed by atoms with E-state index in [0.717, 1.165) is 11.5 Å². The van der Waals surface area contributed by atoms with Gasteiger partial charge in [0, 0.05) is 0 Å². The highest BCUT2D eigenvalue weighted by atomic mass is 32.2. The van der Waals surface area contributed by atoms with Gasteiger partial charge in [0.25, 0.3) is 0 Å². The van der Waals surface area contributed by atoms with Gasteiger partial charge in [0.2, 0.25) is 0 Å². The molecule has 0 aromatic carbocycles. The van der Waals surface area contributed by atoms with E-state index in [4.69, 9.17) is 0 Å². The summed E-state index contributed by atoms with van der Waals surface area (Å²) in [5.74, 6) is 8.35. The van der Waals surface area contributed by atoms with Crippen molar-refractivity contribution in [1.29, 1.82) is 0 Å². The molecule has 0 saturated heterocycles. The Morgan fingerprint density at radius 3 is 1.33 bits per heavy atom. The number of hydrogen-bond donors (Lipinski definition) is 0. The Balaban J connectivity index is 3.72. The van der Waals surface area contributed by atoms with Crippen LogP contribution in [0.25, 0.3) is 0 Å². The van der Waals surface area contributed by atoms with Gasteiger partial charge in [-0.2, -0.15) is 0 Å². The van der Waals surface area contributed by atoms with Crippen LogP contribution in [-0.2, 0) is 0 Å². The van der Waals surface area contributed by atoms with Gasteiger partial charge in [0.1, 0.15) is 16.1 Å². The smallest absolute Gasteiger partial charge is 0.129 e. The van der Waals surface area contributed by atoms with Crippen molar-refractivity contribution < 1.29 is 0 Å². The Morgan fingerprint density at radius 1 is 0.733 bits per heavy atom. The van der Waals surface area contributed by atoms with Crippen LogP contribution < -0.4 is 0 Å². The Morgan fingerprint density at radius 2 is 1.07 bits per heavy atom. The van der Waals surface area contributed by atoms with Crippen molar-refractivity contribution in [3.63, 3.8) is 0 Å². The maximum Gasteiger partial charge on any atom is 0.129 e. The molecule has 0 nitrogen and oxygen atoms in total. The fourth-order valence-electron chi connectivity index (χ4n) is 0.756. The van der Waals surface area contributed by atoms with Gasteiger partial charge in [-0.25, -0.2) is 0 Å². The third-order valence-corrected chi connectivity index (χ3v) is 3.83. The van der Waals surface area contributed by atoms with Gasteiger partial charge in [0.15, 0.2) is 0 Å². The molecule has 0 aliphatic rings. The first-order valence-corrected chi connectivity index (χ1v) is 13.4. The van der Waals surface area contributed by atoms with Gasteiger partial charge in [0.05, 0.1) is 11.5 Å². The zero-order chi connectivity index (χ0) is 11.9. The molecule has 0 spiro atoms. The first kappa shape index (κ1) is 14.9. The van der Waals surface area contributed by atoms with Crippen LogP contribution >= 0.6 is 11.8 Å². The molecule has 0 radical (unpaired) electrons. The molecule has 0 unspecified atom stereocenters. The molecule has 84 valence electrons. The summed E-state index contributed by atoms with van der Waals surface area (Å²) in [4.78, 5) is 0. The Hall–Kier alpha value is -0.0962. The second kappa shape index (κ2) is 6.48. The Kier molecular flexibility index (Phi) is 6.44. The molecule has 0 aromatic heterocycles. The average molecular weight is 255 g/mol. The highest BCUT2D eigenvalue weighted by Gasteiger charge is 2.07. The van der Waals surface area contributed by atoms with E-state index in [-0.39, 0.29) is 0 Å². The summed E-state index contributed by atoms with van der Waals surface area (Å²) in [5.41, 5.74) is 6.72. The lowest BCUT2D eigenvalue weighted by molar-refractivity contribution is 1.78. The number of thioether (sulfide) groups is 1. The molecular weight excluding hydrogens is 232 g/mol. The van der Waals surface area contributed by atoms with E-state index in [0.29, 0.717) is 0 Å². The van der Waals surface area contributed by atoms with E-state index in [2.05, 4.69) is 62.2 Å². The van der Waals surface area contributed by atoms with Crippen molar-refractivity contribution in [2.24, 2.45) is 0 Å². The Bertz CT molecular complexity index is 267. The van der Waals surface area contributed by atoms with Crippen molar-refractivity contribution in [3.8, 4) is 22.9 Å². The second-order valence-electron chi connectivity index (χ2n) is 5.60. The van der Waals surface area contributed by atoms with Crippen molar-refractivity contribution in [2.45, 2.75) is 39.3 Å². The van der Waals surface area contributed by atoms with Crippen molar-refractivity contribution in [2.75, 3.05) is 11.5 Å². The number of rotatable bonds is 2. The summed E-state index contributed by atoms with van der Waals surface area (Å²) in [5, 5.41) is 0. The van der Waals surface area contributed by atoms with Crippen LogP contribution in [-0.4, -0.2) is 27.7 Å². The fraction of sp³-hybridized carbons (Fsp3) is 0.667. The maximum atomic E-state index is 3.36. The minimum atomic E-state index is -1.16. The predicted octanol–water partition coefficient (Wildman–Crippen LogP) is 3.48. The third kappa shape index (κ3) is 13.9. The average Bonchev–Trinajstić information content (AvgIpc) is 1.98. The molecule has 0 aliphatic heterocycles. The van der Waals surface area contributed by atoms with Crippen molar-refractivity contribution >= 4 is 27.9 Å². The lowest BCUT2D eigenvalue weighted by Gasteiger charge is -2.03. The van der Waals surface area contributed by atoms with Gasteiger partial charge in [-0.05, 0) is 0 Å². The van der Waals surface area contributed by atoms with Gasteiger partial charge < -0.3 is 0 Å². The molecule has 0 aromatic rings. The normalized spacial score (nSPS) is 11.1. The second-order valence-corrected chi connectivity index (χ2v) is 16.1. The zero-order valence-corrected chi connectivity index (χ0v) is 13.6. The van der Waals surface area contributed by atoms with Crippen molar-refractivity contribution in [3.05, 3.63) is 0 Å². The van der Waals surface area contributed by atoms with E-state index in [9.17, 15) is 0 Å². The topological polar surface area (TPSA) is 0 Å². The molecule has 0 aliphatic carbocycles. The molecule has 15 heavy (non-hydrogen) atoms. The number of hydrogen-bond acceptors (Lipinski definition) is 1. The summed E-state index contributed by atoms with van der Waals surface area (Å²) in [6.07, 6.45) is 0. The van der Waals surface area contributed by atoms with E-state index in [1.165, 1.54) is 0 Å². The third-order valence-electron chi connectivity index (χ3n) is 1.28. The SMILES string of the molecule is C[Si](C)(C)C#CCSCC#C[Si](C)(C)C. The summed E-state index contributed by atoms with van der Waals surface area (Å²) >= 11 is 1.83. The molecule has 0 amide bonds. The standard InChI is InChI=1S/C12H22SSi2/c1-14(2,3)11-7-9-13-10-8-12-15(4,5)6/h9-10H2,1-6H3. The predicted molar refractivity (Wildman–Crippen MR) is 79.6 cm³/mol. The van der Waals surface area contributed by atoms with Gasteiger partial charge in [-0.15, -0.1) is 22.8 Å². The molecule has 0 saturated carbocycles.